The molecule has 1 saturated carbocycles. The third kappa shape index (κ3) is 4.61. The summed E-state index contributed by atoms with van der Waals surface area (Å²) in [4.78, 5) is 18.4. The fourth-order valence-electron chi connectivity index (χ4n) is 2.43. The maximum absolute atomic E-state index is 11.4. The summed E-state index contributed by atoms with van der Waals surface area (Å²) in [5.41, 5.74) is 5.74. The maximum atomic E-state index is 11.4. The van der Waals surface area contributed by atoms with Gasteiger partial charge in [-0.15, -0.1) is 0 Å². The molecule has 112 valence electrons. The van der Waals surface area contributed by atoms with Crippen molar-refractivity contribution in [3.63, 3.8) is 0 Å². The molecule has 1 heterocycles. The molecule has 0 unspecified atom stereocenters. The van der Waals surface area contributed by atoms with Crippen LogP contribution in [0.25, 0.3) is 0 Å². The van der Waals surface area contributed by atoms with Crippen LogP contribution >= 0.6 is 0 Å². The number of hydrogen-bond donors (Lipinski definition) is 3. The minimum Gasteiger partial charge on any atom is -0.376 e. The summed E-state index contributed by atoms with van der Waals surface area (Å²) in [6.07, 6.45) is 5.23. The van der Waals surface area contributed by atoms with E-state index in [9.17, 15) is 4.79 Å². The van der Waals surface area contributed by atoms with Crippen LogP contribution in [0, 0.1) is 0 Å². The average molecular weight is 280 g/mol. The number of rotatable bonds is 6. The van der Waals surface area contributed by atoms with Crippen LogP contribution in [0.3, 0.4) is 0 Å². The van der Waals surface area contributed by atoms with Crippen LogP contribution in [0.2, 0.25) is 0 Å². The molecule has 6 nitrogen and oxygen atoms in total. The first-order valence-corrected chi connectivity index (χ1v) is 7.38. The van der Waals surface area contributed by atoms with E-state index in [1.165, 1.54) is 6.07 Å². The zero-order chi connectivity index (χ0) is 14.4. The van der Waals surface area contributed by atoms with Gasteiger partial charge in [0.2, 0.25) is 0 Å². The first-order valence-electron chi connectivity index (χ1n) is 7.38. The van der Waals surface area contributed by atoms with Gasteiger partial charge in [0.25, 0.3) is 5.56 Å². The fourth-order valence-corrected chi connectivity index (χ4v) is 2.43. The summed E-state index contributed by atoms with van der Waals surface area (Å²) in [6, 6.07) is 1.82. The number of ether oxygens (including phenoxy) is 1. The Morgan fingerprint density at radius 3 is 2.90 bits per heavy atom. The van der Waals surface area contributed by atoms with Crippen LogP contribution in [0.15, 0.2) is 10.9 Å². The quantitative estimate of drug-likeness (QED) is 0.677. The summed E-state index contributed by atoms with van der Waals surface area (Å²) >= 11 is 0. The molecule has 0 atom stereocenters. The summed E-state index contributed by atoms with van der Waals surface area (Å²) in [5.74, 6) is 1.31. The Morgan fingerprint density at radius 2 is 2.20 bits per heavy atom. The average Bonchev–Trinajstić information content (AvgIpc) is 2.45. The summed E-state index contributed by atoms with van der Waals surface area (Å²) < 4.78 is 5.81. The van der Waals surface area contributed by atoms with Gasteiger partial charge in [0.1, 0.15) is 11.6 Å². The van der Waals surface area contributed by atoms with Gasteiger partial charge in [-0.25, -0.2) is 4.98 Å². The molecule has 1 aromatic heterocycles. The van der Waals surface area contributed by atoms with Crippen molar-refractivity contribution in [2.24, 2.45) is 5.73 Å². The smallest absolute Gasteiger partial charge is 0.252 e. The Morgan fingerprint density at radius 1 is 1.45 bits per heavy atom. The molecule has 0 bridgehead atoms. The molecular weight excluding hydrogens is 256 g/mol. The number of hydrogen-bond acceptors (Lipinski definition) is 5. The number of aryl methyl sites for hydroxylation is 1. The lowest BCUT2D eigenvalue weighted by molar-refractivity contribution is 0.0313. The number of anilines is 1. The highest BCUT2D eigenvalue weighted by molar-refractivity contribution is 5.32. The van der Waals surface area contributed by atoms with E-state index in [1.807, 2.05) is 6.92 Å². The van der Waals surface area contributed by atoms with Crippen molar-refractivity contribution in [3.05, 3.63) is 22.2 Å². The third-order valence-corrected chi connectivity index (χ3v) is 3.61. The van der Waals surface area contributed by atoms with Crippen molar-refractivity contribution in [2.75, 3.05) is 18.5 Å². The second-order valence-corrected chi connectivity index (χ2v) is 5.27. The molecule has 0 aromatic carbocycles. The van der Waals surface area contributed by atoms with E-state index in [2.05, 4.69) is 15.3 Å². The maximum Gasteiger partial charge on any atom is 0.252 e. The zero-order valence-electron chi connectivity index (χ0n) is 12.0. The molecule has 0 spiro atoms. The van der Waals surface area contributed by atoms with Crippen molar-refractivity contribution in [1.29, 1.82) is 0 Å². The van der Waals surface area contributed by atoms with Crippen LogP contribution in [-0.2, 0) is 11.2 Å². The van der Waals surface area contributed by atoms with Crippen molar-refractivity contribution in [2.45, 2.75) is 51.2 Å². The lowest BCUT2D eigenvalue weighted by Crippen LogP contribution is -2.31. The van der Waals surface area contributed by atoms with Gasteiger partial charge in [0.15, 0.2) is 0 Å². The van der Waals surface area contributed by atoms with Crippen LogP contribution in [0.4, 0.5) is 5.82 Å². The van der Waals surface area contributed by atoms with E-state index in [0.29, 0.717) is 43.4 Å². The van der Waals surface area contributed by atoms with E-state index >= 15 is 0 Å². The van der Waals surface area contributed by atoms with Crippen LogP contribution in [0.1, 0.15) is 38.4 Å². The minimum absolute atomic E-state index is 0.124. The van der Waals surface area contributed by atoms with Crippen molar-refractivity contribution in [3.8, 4) is 0 Å². The molecule has 0 amide bonds. The van der Waals surface area contributed by atoms with Crippen LogP contribution < -0.4 is 16.6 Å². The molecule has 1 aromatic rings. The molecular formula is C14H24N4O2. The molecule has 6 heteroatoms. The van der Waals surface area contributed by atoms with Gasteiger partial charge < -0.3 is 20.8 Å². The zero-order valence-corrected chi connectivity index (χ0v) is 12.0. The normalized spacial score (nSPS) is 22.7. The highest BCUT2D eigenvalue weighted by atomic mass is 16.5. The number of nitrogens with zero attached hydrogens (tertiary/aromatic N) is 1. The van der Waals surface area contributed by atoms with Crippen LogP contribution in [-0.4, -0.2) is 35.3 Å². The third-order valence-electron chi connectivity index (χ3n) is 3.61. The van der Waals surface area contributed by atoms with Gasteiger partial charge in [0, 0.05) is 25.1 Å². The molecule has 0 saturated heterocycles. The van der Waals surface area contributed by atoms with Crippen molar-refractivity contribution >= 4 is 5.82 Å². The van der Waals surface area contributed by atoms with Gasteiger partial charge in [-0.3, -0.25) is 4.79 Å². The molecule has 20 heavy (non-hydrogen) atoms. The number of aromatic nitrogens is 2. The van der Waals surface area contributed by atoms with Gasteiger partial charge in [0.05, 0.1) is 12.7 Å². The predicted octanol–water partition coefficient (Wildman–Crippen LogP) is 1.03. The number of nitrogens with two attached hydrogens (primary N) is 1. The SMILES string of the molecule is CCc1nc(NCCOC2CCC(N)CC2)cc(=O)[nH]1. The predicted molar refractivity (Wildman–Crippen MR) is 78.9 cm³/mol. The molecule has 2 rings (SSSR count). The summed E-state index contributed by atoms with van der Waals surface area (Å²) in [5, 5.41) is 3.13. The highest BCUT2D eigenvalue weighted by Crippen LogP contribution is 2.19. The van der Waals surface area contributed by atoms with E-state index in [0.717, 1.165) is 25.7 Å². The van der Waals surface area contributed by atoms with Gasteiger partial charge in [-0.1, -0.05) is 6.92 Å². The van der Waals surface area contributed by atoms with E-state index in [4.69, 9.17) is 10.5 Å². The molecule has 4 N–H and O–H groups in total. The number of H-pyrrole nitrogens is 1. The van der Waals surface area contributed by atoms with E-state index < -0.39 is 0 Å². The summed E-state index contributed by atoms with van der Waals surface area (Å²) in [7, 11) is 0. The second-order valence-electron chi connectivity index (χ2n) is 5.27. The minimum atomic E-state index is -0.124. The monoisotopic (exact) mass is 280 g/mol. The molecule has 1 aliphatic carbocycles. The highest BCUT2D eigenvalue weighted by Gasteiger charge is 2.18. The van der Waals surface area contributed by atoms with Crippen molar-refractivity contribution in [1.82, 2.24) is 9.97 Å². The molecule has 0 aliphatic heterocycles. The first kappa shape index (κ1) is 15.0. The van der Waals surface area contributed by atoms with Crippen LogP contribution in [0.5, 0.6) is 0 Å². The standard InChI is InChI=1S/C14H24N4O2/c1-2-12-17-13(9-14(19)18-12)16-7-8-20-11-5-3-10(15)4-6-11/h9-11H,2-8,15H2,1H3,(H2,16,17,18,19). The Labute approximate surface area is 119 Å². The van der Waals surface area contributed by atoms with Crippen molar-refractivity contribution < 1.29 is 4.74 Å². The Bertz CT molecular complexity index is 466. The lowest BCUT2D eigenvalue weighted by atomic mass is 9.94. The van der Waals surface area contributed by atoms with E-state index in [1.54, 1.807) is 0 Å². The topological polar surface area (TPSA) is 93.0 Å². The lowest BCUT2D eigenvalue weighted by Gasteiger charge is -2.26. The fraction of sp³-hybridized carbons (Fsp3) is 0.714. The van der Waals surface area contributed by atoms with Gasteiger partial charge in [-0.2, -0.15) is 0 Å². The Balaban J connectivity index is 1.70. The van der Waals surface area contributed by atoms with Gasteiger partial charge in [-0.05, 0) is 25.7 Å². The molecule has 1 fully saturated rings. The summed E-state index contributed by atoms with van der Waals surface area (Å²) in [6.45, 7) is 3.23. The Hall–Kier alpha value is -1.40. The molecule has 1 aliphatic rings. The second kappa shape index (κ2) is 7.40. The van der Waals surface area contributed by atoms with Gasteiger partial charge >= 0.3 is 0 Å². The first-order chi connectivity index (χ1) is 9.67. The number of aromatic amines is 1. The number of nitrogens with one attached hydrogen (secondary N) is 2. The largest absolute Gasteiger partial charge is 0.376 e. The molecule has 0 radical (unpaired) electrons. The Kier molecular flexibility index (Phi) is 5.55. The van der Waals surface area contributed by atoms with E-state index in [-0.39, 0.29) is 5.56 Å².